The zero-order chi connectivity index (χ0) is 20.3. The molecule has 152 valence electrons. The molecule has 28 heavy (non-hydrogen) atoms. The van der Waals surface area contributed by atoms with Crippen molar-refractivity contribution in [3.63, 3.8) is 0 Å². The molecule has 1 saturated heterocycles. The van der Waals surface area contributed by atoms with Crippen LogP contribution in [0.25, 0.3) is 0 Å². The average Bonchev–Trinajstić information content (AvgIpc) is 3.11. The lowest BCUT2D eigenvalue weighted by molar-refractivity contribution is -0.117. The van der Waals surface area contributed by atoms with Gasteiger partial charge in [-0.3, -0.25) is 14.6 Å². The molecule has 1 aliphatic heterocycles. The molecule has 9 heteroatoms. The third-order valence-electron chi connectivity index (χ3n) is 4.82. The molecule has 1 aromatic heterocycles. The van der Waals surface area contributed by atoms with Gasteiger partial charge in [0.15, 0.2) is 0 Å². The van der Waals surface area contributed by atoms with Crippen molar-refractivity contribution in [3.8, 4) is 0 Å². The lowest BCUT2D eigenvalue weighted by Gasteiger charge is -2.36. The van der Waals surface area contributed by atoms with Crippen molar-refractivity contribution in [1.82, 2.24) is 9.80 Å². The molecular formula is C19H24ClN3O3S2. The van der Waals surface area contributed by atoms with Crippen molar-refractivity contribution < 1.29 is 13.2 Å². The predicted octanol–water partition coefficient (Wildman–Crippen LogP) is 3.20. The van der Waals surface area contributed by atoms with Crippen molar-refractivity contribution in [1.29, 1.82) is 0 Å². The van der Waals surface area contributed by atoms with Crippen molar-refractivity contribution in [2.24, 2.45) is 0 Å². The quantitative estimate of drug-likeness (QED) is 0.745. The van der Waals surface area contributed by atoms with Crippen LogP contribution in [-0.2, 0) is 14.6 Å². The number of rotatable bonds is 6. The van der Waals surface area contributed by atoms with E-state index < -0.39 is 9.84 Å². The molecule has 0 saturated carbocycles. The molecule has 0 bridgehead atoms. The second-order valence-electron chi connectivity index (χ2n) is 7.06. The van der Waals surface area contributed by atoms with E-state index in [1.807, 2.05) is 0 Å². The van der Waals surface area contributed by atoms with Crippen LogP contribution in [0.4, 0.5) is 5.69 Å². The molecule has 6 nitrogen and oxygen atoms in total. The van der Waals surface area contributed by atoms with Crippen molar-refractivity contribution >= 4 is 44.4 Å². The molecule has 2 heterocycles. The predicted molar refractivity (Wildman–Crippen MR) is 113 cm³/mol. The molecule has 0 unspecified atom stereocenters. The van der Waals surface area contributed by atoms with Crippen LogP contribution in [0.1, 0.15) is 13.8 Å². The van der Waals surface area contributed by atoms with Crippen molar-refractivity contribution in [2.75, 3.05) is 38.0 Å². The number of sulfone groups is 1. The monoisotopic (exact) mass is 441 g/mol. The largest absolute Gasteiger partial charge is 0.323 e. The van der Waals surface area contributed by atoms with E-state index in [2.05, 4.69) is 29.0 Å². The molecule has 1 fully saturated rings. The first-order valence-corrected chi connectivity index (χ1v) is 11.9. The smallest absolute Gasteiger partial charge is 0.238 e. The summed E-state index contributed by atoms with van der Waals surface area (Å²) in [5.41, 5.74) is 0.325. The van der Waals surface area contributed by atoms with Gasteiger partial charge in [0.05, 0.1) is 17.1 Å². The van der Waals surface area contributed by atoms with Gasteiger partial charge in [0.25, 0.3) is 0 Å². The molecule has 0 spiro atoms. The number of anilines is 1. The van der Waals surface area contributed by atoms with Crippen LogP contribution >= 0.6 is 22.9 Å². The van der Waals surface area contributed by atoms with Crippen LogP contribution < -0.4 is 5.32 Å². The number of amides is 1. The molecule has 1 amide bonds. The van der Waals surface area contributed by atoms with Crippen LogP contribution in [0.15, 0.2) is 44.8 Å². The van der Waals surface area contributed by atoms with Gasteiger partial charge in [-0.25, -0.2) is 8.42 Å². The zero-order valence-corrected chi connectivity index (χ0v) is 18.3. The third kappa shape index (κ3) is 4.93. The lowest BCUT2D eigenvalue weighted by Crippen LogP contribution is -2.50. The summed E-state index contributed by atoms with van der Waals surface area (Å²) in [5.74, 6) is -0.205. The van der Waals surface area contributed by atoms with E-state index in [4.69, 9.17) is 11.6 Å². The van der Waals surface area contributed by atoms with Gasteiger partial charge in [-0.15, -0.1) is 11.3 Å². The van der Waals surface area contributed by atoms with E-state index in [-0.39, 0.29) is 22.2 Å². The number of benzene rings is 1. The number of thiophene rings is 1. The highest BCUT2D eigenvalue weighted by Crippen LogP contribution is 2.31. The summed E-state index contributed by atoms with van der Waals surface area (Å²) in [6, 6.07) is 6.51. The summed E-state index contributed by atoms with van der Waals surface area (Å²) >= 11 is 7.09. The van der Waals surface area contributed by atoms with Gasteiger partial charge in [-0.2, -0.15) is 0 Å². The van der Waals surface area contributed by atoms with E-state index >= 15 is 0 Å². The van der Waals surface area contributed by atoms with Gasteiger partial charge in [-0.05, 0) is 38.1 Å². The van der Waals surface area contributed by atoms with Gasteiger partial charge in [-0.1, -0.05) is 11.6 Å². The molecule has 2 aromatic rings. The zero-order valence-electron chi connectivity index (χ0n) is 15.9. The van der Waals surface area contributed by atoms with Crippen LogP contribution in [0.2, 0.25) is 5.02 Å². The van der Waals surface area contributed by atoms with Gasteiger partial charge < -0.3 is 5.32 Å². The lowest BCUT2D eigenvalue weighted by atomic mass is 10.2. The first-order chi connectivity index (χ1) is 13.3. The normalized spacial score (nSPS) is 16.4. The maximum atomic E-state index is 12.9. The number of piperazine rings is 1. The highest BCUT2D eigenvalue weighted by molar-refractivity contribution is 7.91. The maximum absolute atomic E-state index is 12.9. The minimum absolute atomic E-state index is 0.109. The molecule has 0 radical (unpaired) electrons. The Kier molecular flexibility index (Phi) is 6.77. The summed E-state index contributed by atoms with van der Waals surface area (Å²) in [6.45, 7) is 8.10. The first-order valence-electron chi connectivity index (χ1n) is 9.10. The van der Waals surface area contributed by atoms with Crippen LogP contribution in [0, 0.1) is 0 Å². The minimum Gasteiger partial charge on any atom is -0.323 e. The van der Waals surface area contributed by atoms with Crippen LogP contribution in [-0.4, -0.2) is 62.9 Å². The molecule has 1 N–H and O–H groups in total. The van der Waals surface area contributed by atoms with E-state index in [0.29, 0.717) is 16.8 Å². The number of hydrogen-bond donors (Lipinski definition) is 1. The second kappa shape index (κ2) is 8.92. The summed E-state index contributed by atoms with van der Waals surface area (Å²) in [5, 5.41) is 6.43. The molecule has 3 rings (SSSR count). The Morgan fingerprint density at radius 3 is 2.39 bits per heavy atom. The standard InChI is InChI=1S/C19H24ClN3O3S2/c1-14(2)23-9-7-22(8-10-23)11-19(24)21-17-12-27-13-18(17)28(25,26)16-5-3-15(20)4-6-16/h3-6,12-14H,7-11H2,1-2H3,(H,21,24). The summed E-state index contributed by atoms with van der Waals surface area (Å²) in [7, 11) is -3.72. The number of halogens is 1. The number of nitrogens with one attached hydrogen (secondary N) is 1. The Balaban J connectivity index is 1.66. The maximum Gasteiger partial charge on any atom is 0.238 e. The molecule has 0 aliphatic carbocycles. The Morgan fingerprint density at radius 1 is 1.14 bits per heavy atom. The number of carbonyl (C=O) groups excluding carboxylic acids is 1. The van der Waals surface area contributed by atoms with Gasteiger partial charge in [0.2, 0.25) is 15.7 Å². The van der Waals surface area contributed by atoms with Gasteiger partial charge in [0, 0.05) is 48.0 Å². The highest BCUT2D eigenvalue weighted by atomic mass is 35.5. The number of carbonyl (C=O) groups is 1. The van der Waals surface area contributed by atoms with Crippen molar-refractivity contribution in [2.45, 2.75) is 29.7 Å². The molecule has 1 aromatic carbocycles. The second-order valence-corrected chi connectivity index (χ2v) is 10.2. The SMILES string of the molecule is CC(C)N1CCN(CC(=O)Nc2cscc2S(=O)(=O)c2ccc(Cl)cc2)CC1. The fraction of sp³-hybridized carbons (Fsp3) is 0.421. The average molecular weight is 442 g/mol. The highest BCUT2D eigenvalue weighted by Gasteiger charge is 2.25. The van der Waals surface area contributed by atoms with E-state index in [1.54, 1.807) is 10.8 Å². The molecule has 1 aliphatic rings. The number of hydrogen-bond acceptors (Lipinski definition) is 6. The topological polar surface area (TPSA) is 69.7 Å². The van der Waals surface area contributed by atoms with Crippen LogP contribution in [0.5, 0.6) is 0 Å². The van der Waals surface area contributed by atoms with Crippen LogP contribution in [0.3, 0.4) is 0 Å². The fourth-order valence-corrected chi connectivity index (χ4v) is 5.82. The summed E-state index contributed by atoms with van der Waals surface area (Å²) < 4.78 is 25.8. The Hall–Kier alpha value is -1.45. The summed E-state index contributed by atoms with van der Waals surface area (Å²) in [6.07, 6.45) is 0. The van der Waals surface area contributed by atoms with Gasteiger partial charge in [0.1, 0.15) is 4.90 Å². The first kappa shape index (κ1) is 21.3. The Labute approximate surface area is 175 Å². The third-order valence-corrected chi connectivity index (χ3v) is 7.77. The van der Waals surface area contributed by atoms with E-state index in [1.165, 1.54) is 35.6 Å². The van der Waals surface area contributed by atoms with E-state index in [0.717, 1.165) is 26.2 Å². The van der Waals surface area contributed by atoms with E-state index in [9.17, 15) is 13.2 Å². The minimum atomic E-state index is -3.72. The number of nitrogens with zero attached hydrogens (tertiary/aromatic N) is 2. The van der Waals surface area contributed by atoms with Crippen molar-refractivity contribution in [3.05, 3.63) is 40.0 Å². The molecular weight excluding hydrogens is 418 g/mol. The molecule has 0 atom stereocenters. The van der Waals surface area contributed by atoms with Gasteiger partial charge >= 0.3 is 0 Å². The Bertz CT molecular complexity index is 918. The summed E-state index contributed by atoms with van der Waals surface area (Å²) in [4.78, 5) is 17.2. The Morgan fingerprint density at radius 2 is 1.79 bits per heavy atom. The fourth-order valence-electron chi connectivity index (χ4n) is 3.16.